The minimum Gasteiger partial charge on any atom is -0.381 e. The molecule has 0 bridgehead atoms. The number of rotatable bonds is 4. The molecule has 0 radical (unpaired) electrons. The van der Waals surface area contributed by atoms with Crippen LogP contribution in [0.15, 0.2) is 24.5 Å². The zero-order valence-corrected chi connectivity index (χ0v) is 14.7. The summed E-state index contributed by atoms with van der Waals surface area (Å²) < 4.78 is 11.8. The van der Waals surface area contributed by atoms with Gasteiger partial charge in [0.25, 0.3) is 5.91 Å². The second-order valence-corrected chi connectivity index (χ2v) is 8.60. The molecule has 3 aliphatic heterocycles. The first kappa shape index (κ1) is 16.4. The summed E-state index contributed by atoms with van der Waals surface area (Å²) >= 11 is 1.98. The fourth-order valence-electron chi connectivity index (χ4n) is 3.78. The van der Waals surface area contributed by atoms with Crippen LogP contribution >= 0.6 is 11.8 Å². The van der Waals surface area contributed by atoms with Crippen molar-refractivity contribution >= 4 is 17.7 Å². The lowest BCUT2D eigenvalue weighted by atomic mass is 9.92. The molecule has 1 spiro atoms. The number of thioether (sulfide) groups is 1. The van der Waals surface area contributed by atoms with Gasteiger partial charge >= 0.3 is 0 Å². The summed E-state index contributed by atoms with van der Waals surface area (Å²) in [6, 6.07) is 3.65. The Kier molecular flexibility index (Phi) is 4.79. The molecule has 4 rings (SSSR count). The van der Waals surface area contributed by atoms with Crippen LogP contribution in [0.4, 0.5) is 0 Å². The number of hydrogen-bond acceptors (Lipinski definition) is 5. The van der Waals surface area contributed by atoms with Gasteiger partial charge in [0, 0.05) is 51.1 Å². The van der Waals surface area contributed by atoms with Crippen molar-refractivity contribution in [2.24, 2.45) is 5.92 Å². The van der Waals surface area contributed by atoms with E-state index in [1.807, 2.05) is 28.8 Å². The average Bonchev–Trinajstić information content (AvgIpc) is 3.04. The van der Waals surface area contributed by atoms with E-state index in [-0.39, 0.29) is 10.7 Å². The average molecular weight is 348 g/mol. The Bertz CT molecular complexity index is 571. The maximum Gasteiger partial charge on any atom is 0.255 e. The van der Waals surface area contributed by atoms with Crippen molar-refractivity contribution in [2.45, 2.75) is 30.1 Å². The van der Waals surface area contributed by atoms with Gasteiger partial charge in [-0.1, -0.05) is 0 Å². The molecule has 4 heterocycles. The molecule has 130 valence electrons. The third-order valence-electron chi connectivity index (χ3n) is 5.24. The predicted octanol–water partition coefficient (Wildman–Crippen LogP) is 2.22. The van der Waals surface area contributed by atoms with Gasteiger partial charge in [0.1, 0.15) is 0 Å². The summed E-state index contributed by atoms with van der Waals surface area (Å²) in [6.07, 6.45) is 7.00. The lowest BCUT2D eigenvalue weighted by Gasteiger charge is -2.47. The smallest absolute Gasteiger partial charge is 0.255 e. The molecule has 3 saturated heterocycles. The third-order valence-corrected chi connectivity index (χ3v) is 6.81. The number of nitrogens with zero attached hydrogens (tertiary/aromatic N) is 2. The van der Waals surface area contributed by atoms with E-state index in [0.29, 0.717) is 17.6 Å². The number of likely N-dealkylation sites (tertiary alicyclic amines) is 1. The molecule has 0 N–H and O–H groups in total. The van der Waals surface area contributed by atoms with Crippen LogP contribution in [0.3, 0.4) is 0 Å². The van der Waals surface area contributed by atoms with Crippen LogP contribution in [0.2, 0.25) is 0 Å². The summed E-state index contributed by atoms with van der Waals surface area (Å²) in [5.41, 5.74) is 0.683. The van der Waals surface area contributed by atoms with Crippen molar-refractivity contribution in [2.75, 3.05) is 38.7 Å². The highest BCUT2D eigenvalue weighted by molar-refractivity contribution is 8.01. The van der Waals surface area contributed by atoms with Crippen molar-refractivity contribution in [1.82, 2.24) is 9.88 Å². The monoisotopic (exact) mass is 348 g/mol. The number of amides is 1. The fraction of sp³-hybridized carbons (Fsp3) is 0.667. The van der Waals surface area contributed by atoms with Crippen molar-refractivity contribution in [3.05, 3.63) is 30.1 Å². The zero-order valence-electron chi connectivity index (χ0n) is 13.9. The highest BCUT2D eigenvalue weighted by atomic mass is 32.2. The van der Waals surface area contributed by atoms with E-state index in [9.17, 15) is 4.79 Å². The van der Waals surface area contributed by atoms with Gasteiger partial charge < -0.3 is 14.4 Å². The van der Waals surface area contributed by atoms with Gasteiger partial charge in [-0.05, 0) is 37.3 Å². The third kappa shape index (κ3) is 3.46. The van der Waals surface area contributed by atoms with Crippen molar-refractivity contribution in [3.63, 3.8) is 0 Å². The number of carbonyl (C=O) groups excluding carboxylic acids is 1. The molecule has 0 aromatic carbocycles. The first-order chi connectivity index (χ1) is 11.7. The maximum absolute atomic E-state index is 12.4. The fourth-order valence-corrected chi connectivity index (χ4v) is 5.33. The second-order valence-electron chi connectivity index (χ2n) is 7.11. The van der Waals surface area contributed by atoms with E-state index in [2.05, 4.69) is 4.98 Å². The first-order valence-electron chi connectivity index (χ1n) is 8.77. The summed E-state index contributed by atoms with van der Waals surface area (Å²) in [5.74, 6) is 1.81. The van der Waals surface area contributed by atoms with E-state index in [1.54, 1.807) is 12.4 Å². The largest absolute Gasteiger partial charge is 0.381 e. The van der Waals surface area contributed by atoms with Crippen molar-refractivity contribution in [1.29, 1.82) is 0 Å². The maximum atomic E-state index is 12.4. The molecule has 5 nitrogen and oxygen atoms in total. The molecule has 3 fully saturated rings. The minimum atomic E-state index is 0.0981. The van der Waals surface area contributed by atoms with E-state index >= 15 is 0 Å². The van der Waals surface area contributed by atoms with Crippen LogP contribution in [0.25, 0.3) is 0 Å². The summed E-state index contributed by atoms with van der Waals surface area (Å²) in [6.45, 7) is 4.29. The molecule has 1 amide bonds. The molecule has 3 aliphatic rings. The van der Waals surface area contributed by atoms with Crippen LogP contribution < -0.4 is 0 Å². The summed E-state index contributed by atoms with van der Waals surface area (Å²) in [7, 11) is 0. The topological polar surface area (TPSA) is 51.7 Å². The molecule has 0 saturated carbocycles. The molecule has 6 heteroatoms. The Labute approximate surface area is 147 Å². The Hall–Kier alpha value is -1.11. The lowest BCUT2D eigenvalue weighted by molar-refractivity contribution is -0.0118. The highest BCUT2D eigenvalue weighted by Crippen LogP contribution is 2.46. The van der Waals surface area contributed by atoms with Crippen molar-refractivity contribution in [3.8, 4) is 0 Å². The Morgan fingerprint density at radius 1 is 1.42 bits per heavy atom. The van der Waals surface area contributed by atoms with Crippen LogP contribution in [-0.2, 0) is 9.47 Å². The first-order valence-corrected chi connectivity index (χ1v) is 9.75. The van der Waals surface area contributed by atoms with Crippen LogP contribution in [0.1, 0.15) is 29.6 Å². The number of carbonyl (C=O) groups is 1. The Morgan fingerprint density at radius 3 is 3.00 bits per heavy atom. The summed E-state index contributed by atoms with van der Waals surface area (Å²) in [4.78, 5) is 18.4. The van der Waals surface area contributed by atoms with Gasteiger partial charge in [0.2, 0.25) is 0 Å². The van der Waals surface area contributed by atoms with Crippen LogP contribution in [-0.4, -0.2) is 65.3 Å². The van der Waals surface area contributed by atoms with Crippen molar-refractivity contribution < 1.29 is 14.3 Å². The second kappa shape index (κ2) is 7.02. The van der Waals surface area contributed by atoms with E-state index in [0.717, 1.165) is 57.9 Å². The number of pyridine rings is 1. The minimum absolute atomic E-state index is 0.0981. The molecule has 1 aromatic heterocycles. The molecule has 1 aromatic rings. The zero-order chi connectivity index (χ0) is 16.4. The van der Waals surface area contributed by atoms with E-state index in [4.69, 9.17) is 9.47 Å². The quantitative estimate of drug-likeness (QED) is 0.835. The molecule has 1 unspecified atom stereocenters. The molecular formula is C18H24N2O3S. The number of aromatic nitrogens is 1. The van der Waals surface area contributed by atoms with Crippen LogP contribution in [0.5, 0.6) is 0 Å². The summed E-state index contributed by atoms with van der Waals surface area (Å²) in [5, 5.41) is 0. The van der Waals surface area contributed by atoms with Gasteiger partial charge in [0.05, 0.1) is 16.4 Å². The number of hydrogen-bond donors (Lipinski definition) is 0. The van der Waals surface area contributed by atoms with E-state index < -0.39 is 0 Å². The van der Waals surface area contributed by atoms with Gasteiger partial charge in [-0.2, -0.15) is 0 Å². The lowest BCUT2D eigenvalue weighted by Crippen LogP contribution is -2.60. The Morgan fingerprint density at radius 2 is 2.25 bits per heavy atom. The molecule has 24 heavy (non-hydrogen) atoms. The highest BCUT2D eigenvalue weighted by Gasteiger charge is 2.51. The molecular weight excluding hydrogens is 324 g/mol. The predicted molar refractivity (Wildman–Crippen MR) is 93.2 cm³/mol. The van der Waals surface area contributed by atoms with Gasteiger partial charge in [-0.15, -0.1) is 11.8 Å². The van der Waals surface area contributed by atoms with Gasteiger partial charge in [-0.25, -0.2) is 0 Å². The SMILES string of the molecule is O=C(c1cccnc1)N1CC2(CC(OCC3CCOCC3)CS2)C1. The Balaban J connectivity index is 1.23. The van der Waals surface area contributed by atoms with E-state index in [1.165, 1.54) is 0 Å². The normalized spacial score (nSPS) is 26.5. The van der Waals surface area contributed by atoms with Gasteiger partial charge in [-0.3, -0.25) is 9.78 Å². The standard InChI is InChI=1S/C18H24N2O3S/c21-17(15-2-1-5-19-9-15)20-12-18(13-20)8-16(11-24-18)23-10-14-3-6-22-7-4-14/h1-2,5,9,14,16H,3-4,6-8,10-13H2. The van der Waals surface area contributed by atoms with Crippen LogP contribution in [0, 0.1) is 5.92 Å². The molecule has 0 aliphatic carbocycles. The molecule has 1 atom stereocenters. The number of ether oxygens (including phenoxy) is 2. The van der Waals surface area contributed by atoms with Gasteiger partial charge in [0.15, 0.2) is 0 Å².